The number of aliphatic carboxylic acids is 1. The Morgan fingerprint density at radius 3 is 2.79 bits per heavy atom. The van der Waals surface area contributed by atoms with Crippen molar-refractivity contribution in [2.24, 2.45) is 0 Å². The number of benzene rings is 1. The molecule has 1 heterocycles. The molecule has 19 heavy (non-hydrogen) atoms. The summed E-state index contributed by atoms with van der Waals surface area (Å²) in [7, 11) is 0. The Morgan fingerprint density at radius 2 is 2.11 bits per heavy atom. The number of carboxylic acid groups (broad SMARTS) is 1. The SMILES string of the molecule is O=C(O)Cc1ccccc1CNCCn1ccnn1. The minimum atomic E-state index is -0.810. The molecule has 0 aliphatic rings. The highest BCUT2D eigenvalue weighted by atomic mass is 16.4. The van der Waals surface area contributed by atoms with Crippen LogP contribution in [0.4, 0.5) is 0 Å². The van der Waals surface area contributed by atoms with Gasteiger partial charge >= 0.3 is 5.97 Å². The van der Waals surface area contributed by atoms with E-state index in [1.807, 2.05) is 24.3 Å². The molecule has 0 radical (unpaired) electrons. The minimum absolute atomic E-state index is 0.0565. The van der Waals surface area contributed by atoms with E-state index in [0.717, 1.165) is 24.2 Å². The highest BCUT2D eigenvalue weighted by molar-refractivity contribution is 5.70. The van der Waals surface area contributed by atoms with Crippen molar-refractivity contribution in [1.29, 1.82) is 0 Å². The molecule has 2 aromatic rings. The highest BCUT2D eigenvalue weighted by Gasteiger charge is 2.05. The van der Waals surface area contributed by atoms with E-state index in [0.29, 0.717) is 6.54 Å². The first-order chi connectivity index (χ1) is 9.25. The van der Waals surface area contributed by atoms with Gasteiger partial charge in [-0.25, -0.2) is 0 Å². The lowest BCUT2D eigenvalue weighted by molar-refractivity contribution is -0.136. The molecule has 0 saturated heterocycles. The zero-order valence-corrected chi connectivity index (χ0v) is 10.5. The van der Waals surface area contributed by atoms with Crippen molar-refractivity contribution in [3.63, 3.8) is 0 Å². The van der Waals surface area contributed by atoms with Crippen LogP contribution in [0, 0.1) is 0 Å². The average molecular weight is 260 g/mol. The van der Waals surface area contributed by atoms with Gasteiger partial charge in [0, 0.05) is 19.3 Å². The lowest BCUT2D eigenvalue weighted by Crippen LogP contribution is -2.20. The fourth-order valence-electron chi connectivity index (χ4n) is 1.83. The van der Waals surface area contributed by atoms with Crippen molar-refractivity contribution in [3.8, 4) is 0 Å². The Hall–Kier alpha value is -2.21. The Labute approximate surface area is 111 Å². The number of carboxylic acids is 1. The van der Waals surface area contributed by atoms with Crippen LogP contribution in [0.15, 0.2) is 36.7 Å². The van der Waals surface area contributed by atoms with Gasteiger partial charge in [-0.3, -0.25) is 9.48 Å². The normalized spacial score (nSPS) is 10.5. The summed E-state index contributed by atoms with van der Waals surface area (Å²) < 4.78 is 1.75. The van der Waals surface area contributed by atoms with Crippen LogP contribution in [-0.4, -0.2) is 32.6 Å². The second-order valence-corrected chi connectivity index (χ2v) is 4.18. The summed E-state index contributed by atoms with van der Waals surface area (Å²) in [6.07, 6.45) is 3.50. The van der Waals surface area contributed by atoms with Crippen LogP contribution in [-0.2, 0) is 24.3 Å². The predicted octanol–water partition coefficient (Wildman–Crippen LogP) is 0.695. The van der Waals surface area contributed by atoms with Crippen molar-refractivity contribution in [2.75, 3.05) is 6.54 Å². The molecule has 0 fully saturated rings. The Balaban J connectivity index is 1.83. The van der Waals surface area contributed by atoms with Gasteiger partial charge in [0.2, 0.25) is 0 Å². The molecule has 6 heteroatoms. The zero-order valence-electron chi connectivity index (χ0n) is 10.5. The summed E-state index contributed by atoms with van der Waals surface area (Å²) in [5, 5.41) is 19.7. The standard InChI is InChI=1S/C13H16N4O2/c18-13(19)9-11-3-1-2-4-12(11)10-14-5-7-17-8-6-15-16-17/h1-4,6,8,14H,5,7,9-10H2,(H,18,19). The molecule has 0 atom stereocenters. The molecule has 0 aliphatic carbocycles. The van der Waals surface area contributed by atoms with Gasteiger partial charge in [-0.1, -0.05) is 29.5 Å². The monoisotopic (exact) mass is 260 g/mol. The first-order valence-electron chi connectivity index (χ1n) is 6.09. The smallest absolute Gasteiger partial charge is 0.307 e. The van der Waals surface area contributed by atoms with Gasteiger partial charge < -0.3 is 10.4 Å². The molecule has 0 saturated carbocycles. The number of nitrogens with one attached hydrogen (secondary N) is 1. The number of nitrogens with zero attached hydrogens (tertiary/aromatic N) is 3. The van der Waals surface area contributed by atoms with Crippen molar-refractivity contribution < 1.29 is 9.90 Å². The van der Waals surface area contributed by atoms with E-state index >= 15 is 0 Å². The maximum Gasteiger partial charge on any atom is 0.307 e. The third kappa shape index (κ3) is 4.18. The van der Waals surface area contributed by atoms with Crippen molar-refractivity contribution in [3.05, 3.63) is 47.8 Å². The molecule has 0 amide bonds. The maximum atomic E-state index is 10.8. The second-order valence-electron chi connectivity index (χ2n) is 4.18. The molecule has 0 unspecified atom stereocenters. The second kappa shape index (κ2) is 6.65. The van der Waals surface area contributed by atoms with Gasteiger partial charge in [-0.05, 0) is 11.1 Å². The van der Waals surface area contributed by atoms with Gasteiger partial charge in [-0.2, -0.15) is 0 Å². The fraction of sp³-hybridized carbons (Fsp3) is 0.308. The van der Waals surface area contributed by atoms with Crippen LogP contribution in [0.1, 0.15) is 11.1 Å². The molecule has 2 N–H and O–H groups in total. The maximum absolute atomic E-state index is 10.8. The van der Waals surface area contributed by atoms with Gasteiger partial charge in [0.25, 0.3) is 0 Å². The van der Waals surface area contributed by atoms with E-state index in [1.165, 1.54) is 0 Å². The number of aromatic nitrogens is 3. The topological polar surface area (TPSA) is 80.0 Å². The number of carbonyl (C=O) groups is 1. The van der Waals surface area contributed by atoms with E-state index in [2.05, 4.69) is 15.6 Å². The summed E-state index contributed by atoms with van der Waals surface area (Å²) in [5.74, 6) is -0.810. The molecule has 0 spiro atoms. The van der Waals surface area contributed by atoms with E-state index in [-0.39, 0.29) is 6.42 Å². The highest BCUT2D eigenvalue weighted by Crippen LogP contribution is 2.09. The van der Waals surface area contributed by atoms with Crippen molar-refractivity contribution in [2.45, 2.75) is 19.5 Å². The predicted molar refractivity (Wildman–Crippen MR) is 69.5 cm³/mol. The quantitative estimate of drug-likeness (QED) is 0.716. The molecule has 0 aliphatic heterocycles. The van der Waals surface area contributed by atoms with Gasteiger partial charge in [0.15, 0.2) is 0 Å². The first-order valence-corrected chi connectivity index (χ1v) is 6.09. The van der Waals surface area contributed by atoms with Crippen LogP contribution in [0.2, 0.25) is 0 Å². The third-order valence-electron chi connectivity index (χ3n) is 2.77. The summed E-state index contributed by atoms with van der Waals surface area (Å²) >= 11 is 0. The lowest BCUT2D eigenvalue weighted by atomic mass is 10.0. The van der Waals surface area contributed by atoms with Crippen molar-refractivity contribution >= 4 is 5.97 Å². The summed E-state index contributed by atoms with van der Waals surface area (Å²) in [6, 6.07) is 7.57. The van der Waals surface area contributed by atoms with E-state index in [1.54, 1.807) is 17.1 Å². The van der Waals surface area contributed by atoms with E-state index in [9.17, 15) is 4.79 Å². The largest absolute Gasteiger partial charge is 0.481 e. The molecule has 1 aromatic carbocycles. The Morgan fingerprint density at radius 1 is 1.32 bits per heavy atom. The number of hydrogen-bond acceptors (Lipinski definition) is 4. The molecule has 0 bridgehead atoms. The molecule has 1 aromatic heterocycles. The summed E-state index contributed by atoms with van der Waals surface area (Å²) in [6.45, 7) is 2.14. The van der Waals surface area contributed by atoms with E-state index < -0.39 is 5.97 Å². The molecule has 6 nitrogen and oxygen atoms in total. The lowest BCUT2D eigenvalue weighted by Gasteiger charge is -2.09. The summed E-state index contributed by atoms with van der Waals surface area (Å²) in [5.41, 5.74) is 1.87. The Bertz CT molecular complexity index is 525. The average Bonchev–Trinajstić information content (AvgIpc) is 2.89. The van der Waals surface area contributed by atoms with Crippen molar-refractivity contribution in [1.82, 2.24) is 20.3 Å². The van der Waals surface area contributed by atoms with Crippen LogP contribution in [0.5, 0.6) is 0 Å². The van der Waals surface area contributed by atoms with E-state index in [4.69, 9.17) is 5.11 Å². The summed E-state index contributed by atoms with van der Waals surface area (Å²) in [4.78, 5) is 10.8. The number of rotatable bonds is 7. The van der Waals surface area contributed by atoms with Gasteiger partial charge in [0.1, 0.15) is 0 Å². The van der Waals surface area contributed by atoms with Crippen LogP contribution >= 0.6 is 0 Å². The van der Waals surface area contributed by atoms with Crippen LogP contribution in [0.3, 0.4) is 0 Å². The number of hydrogen-bond donors (Lipinski definition) is 2. The fourth-order valence-corrected chi connectivity index (χ4v) is 1.83. The Kier molecular flexibility index (Phi) is 4.63. The zero-order chi connectivity index (χ0) is 13.5. The molecule has 100 valence electrons. The minimum Gasteiger partial charge on any atom is -0.481 e. The van der Waals surface area contributed by atoms with Gasteiger partial charge in [-0.15, -0.1) is 5.10 Å². The molecular weight excluding hydrogens is 244 g/mol. The van der Waals surface area contributed by atoms with Crippen LogP contribution in [0.25, 0.3) is 0 Å². The molecule has 2 rings (SSSR count). The van der Waals surface area contributed by atoms with Gasteiger partial charge in [0.05, 0.1) is 19.2 Å². The molecular formula is C13H16N4O2. The van der Waals surface area contributed by atoms with Crippen LogP contribution < -0.4 is 5.32 Å². The first kappa shape index (κ1) is 13.2. The third-order valence-corrected chi connectivity index (χ3v) is 2.77.